The van der Waals surface area contributed by atoms with Crippen LogP contribution in [-0.4, -0.2) is 305 Å². The molecule has 0 aromatic carbocycles. The van der Waals surface area contributed by atoms with E-state index < -0.39 is 247 Å². The summed E-state index contributed by atoms with van der Waals surface area (Å²) in [5.74, 6) is -16.7. The number of ketones is 2. The Labute approximate surface area is 755 Å². The molecule has 0 radical (unpaired) electrons. The zero-order valence-electron chi connectivity index (χ0n) is 80.3. The fourth-order valence-electron chi connectivity index (χ4n) is 18.9. The maximum absolute atomic E-state index is 15.9. The number of aliphatic hydroxyl groups is 2. The minimum absolute atomic E-state index is 0.0151. The van der Waals surface area contributed by atoms with Crippen molar-refractivity contribution in [1.29, 1.82) is 0 Å². The molecule has 11 unspecified atom stereocenters. The number of nitrogens with two attached hydrogens (primary N) is 1. The van der Waals surface area contributed by atoms with Crippen molar-refractivity contribution in [3.63, 3.8) is 0 Å². The van der Waals surface area contributed by atoms with Crippen LogP contribution in [0, 0.1) is 70.0 Å². The number of allylic oxidation sites excluding steroid dienone is 6. The van der Waals surface area contributed by atoms with E-state index in [9.17, 15) is 72.5 Å². The number of nitrogens with one attached hydrogen (secondary N) is 4. The monoisotopic (exact) mass is 1810 g/mol. The van der Waals surface area contributed by atoms with E-state index >= 15 is 19.2 Å². The predicted molar refractivity (Wildman–Crippen MR) is 472 cm³/mol. The average molecular weight is 1810 g/mol. The molecule has 3 saturated carbocycles. The molecule has 0 aromatic rings. The summed E-state index contributed by atoms with van der Waals surface area (Å²) in [6, 6.07) is -15.6. The number of esters is 3. The summed E-state index contributed by atoms with van der Waals surface area (Å²) in [5, 5.41) is 34.8. The summed E-state index contributed by atoms with van der Waals surface area (Å²) >= 11 is 0. The highest BCUT2D eigenvalue weighted by Gasteiger charge is 2.68. The quantitative estimate of drug-likeness (QED) is 0.0253. The predicted octanol–water partition coefficient (Wildman–Crippen LogP) is 4.70. The maximum atomic E-state index is 15.9. The van der Waals surface area contributed by atoms with Gasteiger partial charge in [-0.2, -0.15) is 0 Å². The number of hydrogen-bond donors (Lipinski definition) is 7. The van der Waals surface area contributed by atoms with Crippen LogP contribution in [0.3, 0.4) is 0 Å². The normalized spacial score (nSPS) is 29.7. The number of carbonyl (C=O) groups excluding carboxylic acids is 17. The molecule has 5 aliphatic rings. The first-order valence-electron chi connectivity index (χ1n) is 45.1. The zero-order chi connectivity index (χ0) is 97.1. The van der Waals surface area contributed by atoms with Crippen LogP contribution < -0.4 is 27.0 Å². The molecule has 8 N–H and O–H groups in total. The number of nitrogens with zero attached hydrogens (tertiary/aromatic N) is 7. The van der Waals surface area contributed by atoms with E-state index in [-0.39, 0.29) is 98.6 Å². The van der Waals surface area contributed by atoms with E-state index in [1.807, 2.05) is 68.4 Å². The number of fused-ring (bicyclic) bond motifs is 5. The number of amides is 11. The lowest BCUT2D eigenvalue weighted by Crippen LogP contribution is -2.64. The number of aliphatic hydroxyl groups excluding tert-OH is 1. The van der Waals surface area contributed by atoms with Crippen molar-refractivity contribution in [2.24, 2.45) is 75.7 Å². The summed E-state index contributed by atoms with van der Waals surface area (Å²) < 4.78 is 26.9. The van der Waals surface area contributed by atoms with Gasteiger partial charge in [-0.15, -0.1) is 0 Å². The Bertz CT molecular complexity index is 4110. The van der Waals surface area contributed by atoms with Gasteiger partial charge in [0.2, 0.25) is 77.6 Å². The van der Waals surface area contributed by atoms with Crippen LogP contribution in [0.25, 0.3) is 0 Å². The molecule has 720 valence electrons. The van der Waals surface area contributed by atoms with Gasteiger partial charge < -0.3 is 95.2 Å². The van der Waals surface area contributed by atoms with Gasteiger partial charge in [-0.25, -0.2) is 4.79 Å². The van der Waals surface area contributed by atoms with Gasteiger partial charge in [0.25, 0.3) is 0 Å². The van der Waals surface area contributed by atoms with Gasteiger partial charge >= 0.3 is 24.1 Å². The van der Waals surface area contributed by atoms with Crippen LogP contribution in [0.15, 0.2) is 36.0 Å². The molecule has 36 heteroatoms. The molecule has 0 aromatic heterocycles. The molecule has 4 fully saturated rings. The third kappa shape index (κ3) is 26.8. The van der Waals surface area contributed by atoms with E-state index in [1.165, 1.54) is 84.0 Å². The summed E-state index contributed by atoms with van der Waals surface area (Å²) in [6.45, 7) is 29.0. The lowest BCUT2D eigenvalue weighted by molar-refractivity contribution is -0.181. The van der Waals surface area contributed by atoms with E-state index in [4.69, 9.17) is 29.4 Å². The van der Waals surface area contributed by atoms with Gasteiger partial charge in [-0.3, -0.25) is 76.7 Å². The Hall–Kier alpha value is -9.71. The average Bonchev–Trinajstić information content (AvgIpc) is 1.36. The third-order valence-electron chi connectivity index (χ3n) is 26.4. The summed E-state index contributed by atoms with van der Waals surface area (Å²) in [7, 11) is 9.37. The van der Waals surface area contributed by atoms with E-state index in [1.54, 1.807) is 73.6 Å². The molecular weight excluding hydrogens is 1660 g/mol. The highest BCUT2D eigenvalue weighted by atomic mass is 16.8. The van der Waals surface area contributed by atoms with Gasteiger partial charge in [-0.05, 0) is 157 Å². The fraction of sp³-hybridized carbons (Fsp3) is 0.750. The number of ether oxygens (including phenoxy) is 5. The molecule has 0 bridgehead atoms. The molecule has 1 heterocycles. The minimum atomic E-state index is -1.96. The smallest absolute Gasteiger partial charge is 0.463 e. The van der Waals surface area contributed by atoms with Gasteiger partial charge in [0.15, 0.2) is 12.4 Å². The summed E-state index contributed by atoms with van der Waals surface area (Å²) in [6.07, 6.45) is 4.89. The van der Waals surface area contributed by atoms with E-state index in [2.05, 4.69) is 21.3 Å². The first-order chi connectivity index (χ1) is 59.5. The van der Waals surface area contributed by atoms with Crippen molar-refractivity contribution >= 4 is 101 Å². The molecule has 1 saturated heterocycles. The summed E-state index contributed by atoms with van der Waals surface area (Å²) in [4.78, 5) is 252. The molecular formula is C92H148N12O24. The zero-order valence-corrected chi connectivity index (χ0v) is 80.3. The first-order valence-corrected chi connectivity index (χ1v) is 45.1. The summed E-state index contributed by atoms with van der Waals surface area (Å²) in [5.41, 5.74) is 3.39. The Morgan fingerprint density at radius 3 is 1.65 bits per heavy atom. The molecule has 36 nitrogen and oxygen atoms in total. The third-order valence-corrected chi connectivity index (χ3v) is 26.4. The van der Waals surface area contributed by atoms with Gasteiger partial charge in [-0.1, -0.05) is 135 Å². The maximum Gasteiger partial charge on any atom is 0.511 e. The van der Waals surface area contributed by atoms with Crippen molar-refractivity contribution in [1.82, 2.24) is 55.6 Å². The second kappa shape index (κ2) is 47.2. The molecule has 20 atom stereocenters. The van der Waals surface area contributed by atoms with Crippen molar-refractivity contribution in [3.8, 4) is 0 Å². The molecule has 11 amide bonds. The molecule has 128 heavy (non-hydrogen) atoms. The SMILES string of the molecule is C/C=C/C[C@@H](C)C(OC(=O)OCOC(=O)[C@H](N)COC(=O)CCC(=O)OCC(=O)[C@@]1(O)CCC2C3CCC4=CC(=O)C=C[C@]4(C)C3[C@@H](O)C[C@@]21C)C1C(=O)N[C@H](CC)C(=O)N(C)CC(=O)N(C)[C@@H](CC(C)C)C(=O)NC(C(C)C)C(=O)N(C)C(CC(C)C)C(=O)NC(C)C(=O)NC(C)C(=O)N(C)[C@H](CC(C)C)C(=O)N(C)C(CC(C)C)C(=O)N(C)C(C(C)C)C(=O)N1C. The minimum Gasteiger partial charge on any atom is -0.463 e. The first kappa shape index (κ1) is 109. The Morgan fingerprint density at radius 2 is 1.10 bits per heavy atom. The van der Waals surface area contributed by atoms with Crippen LogP contribution in [0.5, 0.6) is 0 Å². The van der Waals surface area contributed by atoms with E-state index in [0.717, 1.165) is 25.2 Å². The lowest BCUT2D eigenvalue weighted by atomic mass is 9.46. The second-order valence-electron chi connectivity index (χ2n) is 38.6. The largest absolute Gasteiger partial charge is 0.511 e. The van der Waals surface area contributed by atoms with Gasteiger partial charge in [0.05, 0.1) is 25.5 Å². The van der Waals surface area contributed by atoms with Crippen molar-refractivity contribution in [2.45, 2.75) is 299 Å². The Morgan fingerprint density at radius 1 is 0.586 bits per heavy atom. The van der Waals surface area contributed by atoms with Crippen molar-refractivity contribution in [2.75, 3.05) is 75.9 Å². The van der Waals surface area contributed by atoms with Crippen molar-refractivity contribution in [3.05, 3.63) is 36.0 Å². The van der Waals surface area contributed by atoms with Crippen LogP contribution in [0.4, 0.5) is 4.79 Å². The molecule has 1 aliphatic heterocycles. The highest BCUT2D eigenvalue weighted by Crippen LogP contribution is 2.67. The van der Waals surface area contributed by atoms with Gasteiger partial charge in [0, 0.05) is 66.1 Å². The number of hydrogen-bond acceptors (Lipinski definition) is 25. The van der Waals surface area contributed by atoms with E-state index in [0.29, 0.717) is 19.3 Å². The topological polar surface area (TPSA) is 474 Å². The second-order valence-corrected chi connectivity index (χ2v) is 38.6. The number of carbonyl (C=O) groups is 17. The van der Waals surface area contributed by atoms with Crippen LogP contribution in [-0.2, 0) is 100 Å². The Kier molecular flexibility index (Phi) is 40.1. The molecule has 4 aliphatic carbocycles. The number of likely N-dealkylation sites (N-methyl/N-ethyl adjacent to an activating group) is 7. The Balaban J connectivity index is 1.45. The molecule has 0 spiro atoms. The lowest BCUT2D eigenvalue weighted by Gasteiger charge is -2.59. The number of Topliss-reactive ketones (excluding diaryl/α,β-unsaturated/α-hetero) is 1. The fourth-order valence-corrected chi connectivity index (χ4v) is 18.9. The highest BCUT2D eigenvalue weighted by molar-refractivity contribution is 6.02. The van der Waals surface area contributed by atoms with Gasteiger partial charge in [0.1, 0.15) is 84.8 Å². The van der Waals surface area contributed by atoms with Crippen molar-refractivity contribution < 1.29 is 115 Å². The number of rotatable bonds is 27. The van der Waals surface area contributed by atoms with Crippen LogP contribution in [0.1, 0.15) is 215 Å². The standard InChI is InChI=1S/C92H148N12O24/c1-27-29-30-55(15)77(128-89(122)127-48-126-88(121)62(93)46-124-71(109)33-34-72(110)125-47-69(107)92(123)38-36-61-60-32-31-58-43-59(105)35-37-90(58,18)73(60)68(106)44-91(61,92)19)76-81(114)96-63(28-2)83(116)98(20)45-70(108)99(21)64(39-49(3)4)80(113)97-74(53(11)12)86(119)100(22)65(40-50(5)6)79(112)94-56(16)78(111)95-57(17)82(115)101(23)66(41-51(7)8)84(117)102(24)67(42-52(9)10)85(118)103(25)75(54(13)14)87(120)104(76)26/h27,29,35,37,43,49-57,60-68,73-77,106,123H,28,30-34,36,38-42,44-48,93H2,1-26H3,(H,94,112)(H,95,111)(H,96,114)(H,97,113)/b29-27+/t55-,56?,57?,60?,61?,62-,63-,64+,65?,66-,67?,68+,73?,74?,75?,76?,77?,90+,91+,92+/m1/s1. The van der Waals surface area contributed by atoms with Crippen LogP contribution in [0.2, 0.25) is 0 Å². The molecule has 5 rings (SSSR count). The van der Waals surface area contributed by atoms with Crippen LogP contribution >= 0.6 is 0 Å².